The minimum atomic E-state index is -3.31. The Morgan fingerprint density at radius 3 is 1.22 bits per heavy atom. The largest absolute Gasteiger partial charge is 0.454 e. The first-order valence-corrected chi connectivity index (χ1v) is 24.1. The van der Waals surface area contributed by atoms with Crippen LogP contribution in [0.1, 0.15) is 0 Å². The molecule has 0 unspecified atom stereocenters. The van der Waals surface area contributed by atoms with Gasteiger partial charge >= 0.3 is 0 Å². The zero-order valence-electron chi connectivity index (χ0n) is 35.0. The Morgan fingerprint density at radius 1 is 0.308 bits per heavy atom. The van der Waals surface area contributed by atoms with E-state index in [1.165, 1.54) is 21.1 Å². The van der Waals surface area contributed by atoms with E-state index in [4.69, 9.17) is 13.8 Å². The summed E-state index contributed by atoms with van der Waals surface area (Å²) in [6, 6.07) is 78.8. The third-order valence-corrected chi connectivity index (χ3v) is 18.5. The maximum absolute atomic E-state index is 7.50. The zero-order valence-corrected chi connectivity index (χ0v) is 36.0. The van der Waals surface area contributed by atoms with Crippen molar-refractivity contribution in [2.45, 2.75) is 0 Å². The fourth-order valence-corrected chi connectivity index (χ4v) is 16.1. The standard InChI is InChI=1S/C59H37N3O2Si/c1-3-18-38(19-4-1)65(39-20-5-2-6-21-39,53-35-15-27-45-43-25-13-33-51(55(43)63-57(45)53)61-48-30-10-7-22-40(48)41-23-8-11-31-49(41)61)54-36-16-28-46-44-26-14-34-52(56(44)64-58(46)54)62-50-32-12-9-24-42(50)47-29-17-37-60-59(47)62/h1-37H. The van der Waals surface area contributed by atoms with E-state index in [1.807, 2.05) is 12.3 Å². The average Bonchev–Trinajstić information content (AvgIpc) is 4.14. The molecule has 9 aromatic carbocycles. The van der Waals surface area contributed by atoms with Gasteiger partial charge in [0.15, 0.2) is 19.2 Å². The van der Waals surface area contributed by atoms with Gasteiger partial charge < -0.3 is 13.4 Å². The van der Waals surface area contributed by atoms with Crippen molar-refractivity contribution >= 4 is 116 Å². The summed E-state index contributed by atoms with van der Waals surface area (Å²) >= 11 is 0. The van der Waals surface area contributed by atoms with E-state index in [2.05, 4.69) is 221 Å². The van der Waals surface area contributed by atoms with E-state index in [0.717, 1.165) is 98.6 Å². The Hall–Kier alpha value is -8.45. The summed E-state index contributed by atoms with van der Waals surface area (Å²) in [7, 11) is -3.31. The molecule has 65 heavy (non-hydrogen) atoms. The predicted octanol–water partition coefficient (Wildman–Crippen LogP) is 12.5. The molecule has 5 aromatic heterocycles. The van der Waals surface area contributed by atoms with Crippen molar-refractivity contribution in [1.29, 1.82) is 0 Å². The summed E-state index contributed by atoms with van der Waals surface area (Å²) in [6.07, 6.45) is 1.87. The van der Waals surface area contributed by atoms with Gasteiger partial charge in [-0.1, -0.05) is 176 Å². The molecule has 0 saturated carbocycles. The molecule has 304 valence electrons. The van der Waals surface area contributed by atoms with Crippen molar-refractivity contribution in [3.63, 3.8) is 0 Å². The molecular weight excluding hydrogens is 811 g/mol. The average molecular weight is 848 g/mol. The van der Waals surface area contributed by atoms with E-state index >= 15 is 0 Å². The lowest BCUT2D eigenvalue weighted by molar-refractivity contribution is 0.668. The molecule has 5 heterocycles. The molecule has 0 aliphatic rings. The van der Waals surface area contributed by atoms with Crippen LogP contribution in [0.5, 0.6) is 0 Å². The number of benzene rings is 9. The monoisotopic (exact) mass is 847 g/mol. The fourth-order valence-electron chi connectivity index (χ4n) is 11.1. The van der Waals surface area contributed by atoms with Gasteiger partial charge in [-0.15, -0.1) is 0 Å². The minimum absolute atomic E-state index is 0.824. The van der Waals surface area contributed by atoms with Gasteiger partial charge in [-0.05, 0) is 63.2 Å². The molecule has 0 N–H and O–H groups in total. The number of fused-ring (bicyclic) bond motifs is 12. The van der Waals surface area contributed by atoms with Crippen LogP contribution in [-0.4, -0.2) is 22.2 Å². The second-order valence-corrected chi connectivity index (χ2v) is 20.7. The maximum atomic E-state index is 7.50. The second-order valence-electron chi connectivity index (χ2n) is 17.0. The third kappa shape index (κ3) is 4.94. The van der Waals surface area contributed by atoms with Gasteiger partial charge in [0.05, 0.1) is 27.9 Å². The molecule has 0 radical (unpaired) electrons. The molecule has 0 bridgehead atoms. The van der Waals surface area contributed by atoms with Crippen molar-refractivity contribution in [3.8, 4) is 11.4 Å². The molecule has 6 heteroatoms. The van der Waals surface area contributed by atoms with Crippen molar-refractivity contribution in [3.05, 3.63) is 225 Å². The number of hydrogen-bond donors (Lipinski definition) is 0. The van der Waals surface area contributed by atoms with Crippen LogP contribution in [-0.2, 0) is 0 Å². The van der Waals surface area contributed by atoms with E-state index in [-0.39, 0.29) is 0 Å². The first-order valence-electron chi connectivity index (χ1n) is 22.1. The quantitative estimate of drug-likeness (QED) is 0.124. The summed E-state index contributed by atoms with van der Waals surface area (Å²) in [5, 5.41) is 13.8. The van der Waals surface area contributed by atoms with Crippen molar-refractivity contribution in [1.82, 2.24) is 14.1 Å². The normalized spacial score (nSPS) is 12.3. The lowest BCUT2D eigenvalue weighted by Crippen LogP contribution is -2.75. The van der Waals surface area contributed by atoms with Crippen LogP contribution in [0.4, 0.5) is 0 Å². The Kier molecular flexibility index (Phi) is 7.64. The Morgan fingerprint density at radius 2 is 0.692 bits per heavy atom. The first kappa shape index (κ1) is 36.1. The van der Waals surface area contributed by atoms with Crippen molar-refractivity contribution in [2.24, 2.45) is 0 Å². The Bertz CT molecular complexity index is 3820. The number of pyridine rings is 1. The number of nitrogens with zero attached hydrogens (tertiary/aromatic N) is 3. The highest BCUT2D eigenvalue weighted by atomic mass is 28.3. The molecule has 0 spiro atoms. The van der Waals surface area contributed by atoms with Crippen molar-refractivity contribution < 1.29 is 8.83 Å². The fraction of sp³-hybridized carbons (Fsp3) is 0. The Balaban J connectivity index is 1.10. The highest BCUT2D eigenvalue weighted by Crippen LogP contribution is 2.40. The number of furan rings is 2. The van der Waals surface area contributed by atoms with Gasteiger partial charge in [0.25, 0.3) is 0 Å². The van der Waals surface area contributed by atoms with E-state index in [0.29, 0.717) is 0 Å². The lowest BCUT2D eigenvalue weighted by atomic mass is 10.1. The van der Waals surface area contributed by atoms with Crippen LogP contribution >= 0.6 is 0 Å². The molecule has 0 amide bonds. The van der Waals surface area contributed by atoms with Gasteiger partial charge in [-0.2, -0.15) is 0 Å². The van der Waals surface area contributed by atoms with Crippen LogP contribution in [0, 0.1) is 0 Å². The van der Waals surface area contributed by atoms with Crippen LogP contribution in [0.15, 0.2) is 233 Å². The van der Waals surface area contributed by atoms with Crippen LogP contribution in [0.3, 0.4) is 0 Å². The highest BCUT2D eigenvalue weighted by molar-refractivity contribution is 7.21. The summed E-state index contributed by atoms with van der Waals surface area (Å²) in [6.45, 7) is 0. The number of aromatic nitrogens is 3. The minimum Gasteiger partial charge on any atom is -0.454 e. The van der Waals surface area contributed by atoms with Crippen LogP contribution in [0.25, 0.3) is 99.0 Å². The summed E-state index contributed by atoms with van der Waals surface area (Å²) < 4.78 is 19.6. The molecule has 5 nitrogen and oxygen atoms in total. The molecule has 0 aliphatic carbocycles. The number of rotatable bonds is 6. The highest BCUT2D eigenvalue weighted by Gasteiger charge is 2.46. The first-order chi connectivity index (χ1) is 32.3. The molecule has 14 aromatic rings. The number of hydrogen-bond acceptors (Lipinski definition) is 3. The van der Waals surface area contributed by atoms with Gasteiger partial charge in [-0.25, -0.2) is 4.98 Å². The van der Waals surface area contributed by atoms with E-state index < -0.39 is 8.07 Å². The summed E-state index contributed by atoms with van der Waals surface area (Å²) in [5.41, 5.74) is 9.70. The van der Waals surface area contributed by atoms with Crippen LogP contribution < -0.4 is 20.7 Å². The molecule has 0 saturated heterocycles. The summed E-state index contributed by atoms with van der Waals surface area (Å²) in [5.74, 6) is 0. The zero-order chi connectivity index (χ0) is 42.6. The van der Waals surface area contributed by atoms with E-state index in [1.54, 1.807) is 0 Å². The predicted molar refractivity (Wildman–Crippen MR) is 271 cm³/mol. The molecule has 0 fully saturated rings. The van der Waals surface area contributed by atoms with Crippen LogP contribution in [0.2, 0.25) is 0 Å². The molecule has 0 aliphatic heterocycles. The lowest BCUT2D eigenvalue weighted by Gasteiger charge is -2.34. The third-order valence-electron chi connectivity index (χ3n) is 13.7. The van der Waals surface area contributed by atoms with Gasteiger partial charge in [-0.3, -0.25) is 4.57 Å². The molecule has 14 rings (SSSR count). The smallest absolute Gasteiger partial charge is 0.188 e. The van der Waals surface area contributed by atoms with Gasteiger partial charge in [0, 0.05) is 49.3 Å². The number of para-hydroxylation sites is 7. The van der Waals surface area contributed by atoms with E-state index in [9.17, 15) is 0 Å². The molecular formula is C59H37N3O2Si. The SMILES string of the molecule is c1ccc([Si](c2ccccc2)(c2cccc3c2oc2c(-n4c5ccccc5c5ccccc54)cccc23)c2cccc3c2oc2c(-n4c5ccccc5c5cccnc54)cccc23)cc1. The van der Waals surface area contributed by atoms with Gasteiger partial charge in [0.2, 0.25) is 0 Å². The van der Waals surface area contributed by atoms with Crippen molar-refractivity contribution in [2.75, 3.05) is 0 Å². The summed E-state index contributed by atoms with van der Waals surface area (Å²) in [4.78, 5) is 4.95. The second kappa shape index (κ2) is 13.8. The maximum Gasteiger partial charge on any atom is 0.188 e. The van der Waals surface area contributed by atoms with Gasteiger partial charge in [0.1, 0.15) is 16.8 Å². The Labute approximate surface area is 373 Å². The molecule has 0 atom stereocenters. The topological polar surface area (TPSA) is 49.0 Å².